The summed E-state index contributed by atoms with van der Waals surface area (Å²) < 4.78 is 0. The van der Waals surface area contributed by atoms with Crippen molar-refractivity contribution in [2.24, 2.45) is 5.92 Å². The molecule has 4 heteroatoms. The van der Waals surface area contributed by atoms with Crippen LogP contribution in [-0.2, 0) is 11.2 Å². The van der Waals surface area contributed by atoms with Crippen LogP contribution in [0.3, 0.4) is 0 Å². The zero-order valence-corrected chi connectivity index (χ0v) is 14.6. The molecule has 1 aliphatic heterocycles. The number of aromatic amines is 1. The lowest BCUT2D eigenvalue weighted by Gasteiger charge is -2.32. The molecule has 1 atom stereocenters. The van der Waals surface area contributed by atoms with E-state index in [2.05, 4.69) is 18.0 Å². The first-order valence-corrected chi connectivity index (χ1v) is 8.81. The number of fused-ring (bicyclic) bond motifs is 2. The summed E-state index contributed by atoms with van der Waals surface area (Å²) in [7, 11) is 0. The van der Waals surface area contributed by atoms with E-state index in [0.717, 1.165) is 23.0 Å². The molecule has 1 N–H and O–H groups in total. The predicted octanol–water partition coefficient (Wildman–Crippen LogP) is 3.77. The Bertz CT molecular complexity index is 1060. The summed E-state index contributed by atoms with van der Waals surface area (Å²) in [5, 5.41) is 0.941. The minimum absolute atomic E-state index is 0.100. The van der Waals surface area contributed by atoms with Gasteiger partial charge in [0.15, 0.2) is 0 Å². The Morgan fingerprint density at radius 1 is 1.15 bits per heavy atom. The lowest BCUT2D eigenvalue weighted by molar-refractivity contribution is -0.114. The van der Waals surface area contributed by atoms with E-state index in [0.29, 0.717) is 18.0 Å². The van der Waals surface area contributed by atoms with Gasteiger partial charge >= 0.3 is 0 Å². The number of carbonyl (C=O) groups is 1. The van der Waals surface area contributed by atoms with E-state index >= 15 is 0 Å². The van der Waals surface area contributed by atoms with Gasteiger partial charge in [-0.3, -0.25) is 9.59 Å². The molecule has 0 saturated heterocycles. The van der Waals surface area contributed by atoms with Gasteiger partial charge in [-0.15, -0.1) is 0 Å². The van der Waals surface area contributed by atoms with Crippen molar-refractivity contribution in [3.05, 3.63) is 82.2 Å². The number of nitrogens with one attached hydrogen (secondary N) is 1. The fraction of sp³-hybridized carbons (Fsp3) is 0.182. The number of nitrogens with zero attached hydrogens (tertiary/aromatic N) is 1. The number of hydrogen-bond donors (Lipinski definition) is 1. The maximum absolute atomic E-state index is 12.8. The molecule has 4 nitrogen and oxygen atoms in total. The van der Waals surface area contributed by atoms with Crippen LogP contribution in [0.4, 0.5) is 5.69 Å². The van der Waals surface area contributed by atoms with Gasteiger partial charge in [0.25, 0.3) is 11.5 Å². The number of benzene rings is 2. The molecule has 0 saturated carbocycles. The Balaban J connectivity index is 1.64. The highest BCUT2D eigenvalue weighted by Gasteiger charge is 2.24. The first-order chi connectivity index (χ1) is 12.6. The molecule has 130 valence electrons. The molecule has 1 aliphatic rings. The second-order valence-electron chi connectivity index (χ2n) is 6.86. The predicted molar refractivity (Wildman–Crippen MR) is 105 cm³/mol. The molecule has 1 amide bonds. The Morgan fingerprint density at radius 3 is 2.81 bits per heavy atom. The fourth-order valence-corrected chi connectivity index (χ4v) is 3.54. The standard InChI is InChI=1S/C22H20N2O2/c1-15-12-17-7-3-5-9-20(17)24(14-15)21(25)11-10-18-13-16-6-2-4-8-19(16)23-22(18)26/h2-11,13,15H,12,14H2,1H3,(H,23,26)/b11-10+. The maximum atomic E-state index is 12.8. The summed E-state index contributed by atoms with van der Waals surface area (Å²) in [6.07, 6.45) is 4.08. The van der Waals surface area contributed by atoms with Crippen molar-refractivity contribution in [1.29, 1.82) is 0 Å². The highest BCUT2D eigenvalue weighted by atomic mass is 16.2. The van der Waals surface area contributed by atoms with Crippen LogP contribution in [0.5, 0.6) is 0 Å². The van der Waals surface area contributed by atoms with Crippen molar-refractivity contribution in [2.75, 3.05) is 11.4 Å². The van der Waals surface area contributed by atoms with Gasteiger partial charge in [-0.05, 0) is 47.6 Å². The molecule has 0 bridgehead atoms. The largest absolute Gasteiger partial charge is 0.321 e. The van der Waals surface area contributed by atoms with Gasteiger partial charge in [-0.25, -0.2) is 0 Å². The summed E-state index contributed by atoms with van der Waals surface area (Å²) in [6.45, 7) is 2.84. The highest BCUT2D eigenvalue weighted by Crippen LogP contribution is 2.29. The van der Waals surface area contributed by atoms with E-state index in [1.165, 1.54) is 11.6 Å². The number of H-pyrrole nitrogens is 1. The van der Waals surface area contributed by atoms with Crippen LogP contribution in [0.15, 0.2) is 65.5 Å². The molecule has 0 fully saturated rings. The number of pyridine rings is 1. The molecule has 0 aliphatic carbocycles. The van der Waals surface area contributed by atoms with E-state index in [-0.39, 0.29) is 11.5 Å². The van der Waals surface area contributed by atoms with Crippen molar-refractivity contribution < 1.29 is 4.79 Å². The summed E-state index contributed by atoms with van der Waals surface area (Å²) in [4.78, 5) is 29.7. The normalized spacial score (nSPS) is 16.8. The van der Waals surface area contributed by atoms with Gasteiger partial charge in [0, 0.05) is 29.4 Å². The topological polar surface area (TPSA) is 53.2 Å². The Kier molecular flexibility index (Phi) is 4.17. The molecular weight excluding hydrogens is 324 g/mol. The number of para-hydroxylation sites is 2. The smallest absolute Gasteiger partial charge is 0.255 e. The van der Waals surface area contributed by atoms with Crippen LogP contribution in [0, 0.1) is 5.92 Å². The molecule has 2 aromatic carbocycles. The van der Waals surface area contributed by atoms with Crippen molar-refractivity contribution in [3.63, 3.8) is 0 Å². The number of rotatable bonds is 2. The number of anilines is 1. The second-order valence-corrected chi connectivity index (χ2v) is 6.86. The van der Waals surface area contributed by atoms with Crippen LogP contribution < -0.4 is 10.5 Å². The van der Waals surface area contributed by atoms with Gasteiger partial charge in [0.05, 0.1) is 0 Å². The van der Waals surface area contributed by atoms with Gasteiger partial charge in [0.1, 0.15) is 0 Å². The monoisotopic (exact) mass is 344 g/mol. The van der Waals surface area contributed by atoms with Gasteiger partial charge in [0.2, 0.25) is 0 Å². The highest BCUT2D eigenvalue weighted by molar-refractivity contribution is 6.04. The first-order valence-electron chi connectivity index (χ1n) is 8.81. The molecule has 0 radical (unpaired) electrons. The van der Waals surface area contributed by atoms with Crippen molar-refractivity contribution in [2.45, 2.75) is 13.3 Å². The Labute approximate surface area is 151 Å². The zero-order chi connectivity index (χ0) is 18.1. The fourth-order valence-electron chi connectivity index (χ4n) is 3.54. The number of carbonyl (C=O) groups excluding carboxylic acids is 1. The molecule has 1 unspecified atom stereocenters. The van der Waals surface area contributed by atoms with Crippen molar-refractivity contribution in [1.82, 2.24) is 4.98 Å². The Morgan fingerprint density at radius 2 is 1.92 bits per heavy atom. The van der Waals surface area contributed by atoms with Crippen LogP contribution in [-0.4, -0.2) is 17.4 Å². The minimum atomic E-state index is -0.194. The summed E-state index contributed by atoms with van der Waals surface area (Å²) in [5.74, 6) is 0.308. The molecule has 2 heterocycles. The van der Waals surface area contributed by atoms with Crippen LogP contribution in [0.25, 0.3) is 17.0 Å². The number of aromatic nitrogens is 1. The molecular formula is C22H20N2O2. The summed E-state index contributed by atoms with van der Waals surface area (Å²) >= 11 is 0. The quantitative estimate of drug-likeness (QED) is 0.720. The van der Waals surface area contributed by atoms with Crippen LogP contribution >= 0.6 is 0 Å². The number of amides is 1. The minimum Gasteiger partial charge on any atom is -0.321 e. The second kappa shape index (κ2) is 6.64. The average Bonchev–Trinajstić information content (AvgIpc) is 2.65. The van der Waals surface area contributed by atoms with Crippen LogP contribution in [0.2, 0.25) is 0 Å². The van der Waals surface area contributed by atoms with Gasteiger partial charge in [-0.1, -0.05) is 43.3 Å². The zero-order valence-electron chi connectivity index (χ0n) is 14.6. The van der Waals surface area contributed by atoms with Crippen molar-refractivity contribution in [3.8, 4) is 0 Å². The van der Waals surface area contributed by atoms with E-state index < -0.39 is 0 Å². The molecule has 0 spiro atoms. The van der Waals surface area contributed by atoms with Crippen molar-refractivity contribution >= 4 is 28.6 Å². The third-order valence-corrected chi connectivity index (χ3v) is 4.80. The first kappa shape index (κ1) is 16.3. The molecule has 1 aromatic heterocycles. The van der Waals surface area contributed by atoms with Gasteiger partial charge < -0.3 is 9.88 Å². The van der Waals surface area contributed by atoms with E-state index in [1.54, 1.807) is 11.0 Å². The Hall–Kier alpha value is -3.14. The maximum Gasteiger partial charge on any atom is 0.255 e. The lowest BCUT2D eigenvalue weighted by Crippen LogP contribution is -2.38. The van der Waals surface area contributed by atoms with E-state index in [9.17, 15) is 9.59 Å². The number of hydrogen-bond acceptors (Lipinski definition) is 2. The molecule has 4 rings (SSSR count). The summed E-state index contributed by atoms with van der Waals surface area (Å²) in [6, 6.07) is 17.4. The SMILES string of the molecule is CC1Cc2ccccc2N(C(=O)/C=C/c2cc3ccccc3[nH]c2=O)C1. The van der Waals surface area contributed by atoms with E-state index in [4.69, 9.17) is 0 Å². The average molecular weight is 344 g/mol. The van der Waals surface area contributed by atoms with Gasteiger partial charge in [-0.2, -0.15) is 0 Å². The third kappa shape index (κ3) is 3.06. The van der Waals surface area contributed by atoms with E-state index in [1.807, 2.05) is 48.5 Å². The molecule has 26 heavy (non-hydrogen) atoms. The lowest BCUT2D eigenvalue weighted by atomic mass is 9.94. The molecule has 3 aromatic rings. The summed E-state index contributed by atoms with van der Waals surface area (Å²) in [5.41, 5.74) is 3.24. The third-order valence-electron chi connectivity index (χ3n) is 4.80. The van der Waals surface area contributed by atoms with Crippen LogP contribution in [0.1, 0.15) is 18.1 Å².